The van der Waals surface area contributed by atoms with Gasteiger partial charge in [0.15, 0.2) is 0 Å². The van der Waals surface area contributed by atoms with Crippen molar-refractivity contribution in [1.82, 2.24) is 9.62 Å². The van der Waals surface area contributed by atoms with E-state index in [4.69, 9.17) is 4.74 Å². The Balaban J connectivity index is 1.67. The molecule has 6 nitrogen and oxygen atoms in total. The molecule has 3 rings (SSSR count). The standard InChI is InChI=1S/C23H30N2O4S/c1-17-6-8-19(9-7-17)18(2)24-23(26)13-10-20-16-21(11-12-22(20)29-3)30(27,28)25-14-4-5-15-25/h6-9,11-12,16,18H,4-5,10,13-15H2,1-3H3,(H,24,26)/t18-/m1/s1. The summed E-state index contributed by atoms with van der Waals surface area (Å²) in [7, 11) is -1.96. The number of ether oxygens (including phenoxy) is 1. The first-order valence-corrected chi connectivity index (χ1v) is 11.8. The van der Waals surface area contributed by atoms with E-state index < -0.39 is 10.0 Å². The molecule has 2 aromatic rings. The molecule has 30 heavy (non-hydrogen) atoms. The molecule has 162 valence electrons. The lowest BCUT2D eigenvalue weighted by atomic mass is 10.1. The van der Waals surface area contributed by atoms with Gasteiger partial charge in [0, 0.05) is 19.5 Å². The first kappa shape index (κ1) is 22.3. The van der Waals surface area contributed by atoms with Crippen molar-refractivity contribution in [2.24, 2.45) is 0 Å². The Hall–Kier alpha value is -2.38. The number of nitrogens with one attached hydrogen (secondary N) is 1. The zero-order chi connectivity index (χ0) is 21.7. The summed E-state index contributed by atoms with van der Waals surface area (Å²) in [6.45, 7) is 5.09. The Morgan fingerprint density at radius 2 is 1.80 bits per heavy atom. The van der Waals surface area contributed by atoms with Crippen molar-refractivity contribution >= 4 is 15.9 Å². The summed E-state index contributed by atoms with van der Waals surface area (Å²) in [6.07, 6.45) is 2.43. The maximum atomic E-state index is 12.9. The molecule has 1 amide bonds. The molecule has 1 saturated heterocycles. The minimum Gasteiger partial charge on any atom is -0.496 e. The highest BCUT2D eigenvalue weighted by molar-refractivity contribution is 7.89. The Morgan fingerprint density at radius 3 is 2.43 bits per heavy atom. The third-order valence-electron chi connectivity index (χ3n) is 5.53. The SMILES string of the molecule is COc1ccc(S(=O)(=O)N2CCCC2)cc1CCC(=O)N[C@H](C)c1ccc(C)cc1. The van der Waals surface area contributed by atoms with Gasteiger partial charge in [0.05, 0.1) is 18.0 Å². The normalized spacial score (nSPS) is 15.7. The highest BCUT2D eigenvalue weighted by Crippen LogP contribution is 2.27. The van der Waals surface area contributed by atoms with Gasteiger partial charge in [-0.1, -0.05) is 29.8 Å². The molecule has 0 aliphatic carbocycles. The fourth-order valence-corrected chi connectivity index (χ4v) is 5.26. The molecule has 1 N–H and O–H groups in total. The lowest BCUT2D eigenvalue weighted by Crippen LogP contribution is -2.28. The molecule has 0 bridgehead atoms. The highest BCUT2D eigenvalue weighted by Gasteiger charge is 2.27. The predicted molar refractivity (Wildman–Crippen MR) is 117 cm³/mol. The highest BCUT2D eigenvalue weighted by atomic mass is 32.2. The smallest absolute Gasteiger partial charge is 0.243 e. The van der Waals surface area contributed by atoms with Gasteiger partial charge in [-0.3, -0.25) is 4.79 Å². The Morgan fingerprint density at radius 1 is 1.13 bits per heavy atom. The van der Waals surface area contributed by atoms with E-state index in [1.54, 1.807) is 25.3 Å². The van der Waals surface area contributed by atoms with Crippen molar-refractivity contribution in [3.05, 3.63) is 59.2 Å². The topological polar surface area (TPSA) is 75.7 Å². The predicted octanol–water partition coefficient (Wildman–Crippen LogP) is 3.60. The van der Waals surface area contributed by atoms with Crippen LogP contribution in [0.5, 0.6) is 5.75 Å². The molecule has 0 saturated carbocycles. The van der Waals surface area contributed by atoms with Crippen LogP contribution in [0.4, 0.5) is 0 Å². The van der Waals surface area contributed by atoms with E-state index >= 15 is 0 Å². The van der Waals surface area contributed by atoms with E-state index in [1.807, 2.05) is 38.1 Å². The molecule has 7 heteroatoms. The number of hydrogen-bond donors (Lipinski definition) is 1. The second-order valence-corrected chi connectivity index (χ2v) is 9.72. The van der Waals surface area contributed by atoms with Crippen molar-refractivity contribution in [3.63, 3.8) is 0 Å². The van der Waals surface area contributed by atoms with Crippen molar-refractivity contribution < 1.29 is 17.9 Å². The Kier molecular flexibility index (Phi) is 7.15. The summed E-state index contributed by atoms with van der Waals surface area (Å²) in [4.78, 5) is 12.7. The van der Waals surface area contributed by atoms with Crippen LogP contribution in [-0.2, 0) is 21.2 Å². The Labute approximate surface area is 179 Å². The van der Waals surface area contributed by atoms with Crippen LogP contribution in [0.15, 0.2) is 47.4 Å². The van der Waals surface area contributed by atoms with Crippen LogP contribution >= 0.6 is 0 Å². The number of nitrogens with zero attached hydrogens (tertiary/aromatic N) is 1. The molecule has 0 aromatic heterocycles. The second-order valence-electron chi connectivity index (χ2n) is 7.78. The Bertz CT molecular complexity index is 981. The van der Waals surface area contributed by atoms with E-state index in [1.165, 1.54) is 9.87 Å². The first-order valence-electron chi connectivity index (χ1n) is 10.3. The van der Waals surface area contributed by atoms with Gasteiger partial charge in [-0.25, -0.2) is 8.42 Å². The van der Waals surface area contributed by atoms with Gasteiger partial charge in [-0.05, 0) is 62.4 Å². The van der Waals surface area contributed by atoms with Crippen LogP contribution in [0.3, 0.4) is 0 Å². The molecular formula is C23H30N2O4S. The van der Waals surface area contributed by atoms with E-state index in [-0.39, 0.29) is 23.3 Å². The molecule has 1 heterocycles. The van der Waals surface area contributed by atoms with E-state index in [0.717, 1.165) is 24.0 Å². The van der Waals surface area contributed by atoms with Crippen LogP contribution in [0.2, 0.25) is 0 Å². The third kappa shape index (κ3) is 5.21. The van der Waals surface area contributed by atoms with Gasteiger partial charge in [0.2, 0.25) is 15.9 Å². The lowest BCUT2D eigenvalue weighted by Gasteiger charge is -2.18. The van der Waals surface area contributed by atoms with E-state index in [2.05, 4.69) is 5.32 Å². The maximum absolute atomic E-state index is 12.9. The summed E-state index contributed by atoms with van der Waals surface area (Å²) < 4.78 is 32.6. The molecule has 2 aromatic carbocycles. The first-order chi connectivity index (χ1) is 14.3. The fraction of sp³-hybridized carbons (Fsp3) is 0.435. The van der Waals surface area contributed by atoms with Crippen molar-refractivity contribution in [2.45, 2.75) is 50.5 Å². The number of sulfonamides is 1. The van der Waals surface area contributed by atoms with Crippen LogP contribution in [0, 0.1) is 6.92 Å². The van der Waals surface area contributed by atoms with Gasteiger partial charge < -0.3 is 10.1 Å². The van der Waals surface area contributed by atoms with Gasteiger partial charge in [0.25, 0.3) is 0 Å². The van der Waals surface area contributed by atoms with Crippen LogP contribution in [0.1, 0.15) is 48.9 Å². The average Bonchev–Trinajstić information content (AvgIpc) is 3.28. The number of carbonyl (C=O) groups excluding carboxylic acids is 1. The average molecular weight is 431 g/mol. The van der Waals surface area contributed by atoms with E-state index in [9.17, 15) is 13.2 Å². The number of methoxy groups -OCH3 is 1. The van der Waals surface area contributed by atoms with Crippen molar-refractivity contribution in [2.75, 3.05) is 20.2 Å². The maximum Gasteiger partial charge on any atom is 0.243 e. The van der Waals surface area contributed by atoms with Crippen molar-refractivity contribution in [3.8, 4) is 5.75 Å². The minimum absolute atomic E-state index is 0.0852. The molecule has 1 aliphatic rings. The minimum atomic E-state index is -3.51. The lowest BCUT2D eigenvalue weighted by molar-refractivity contribution is -0.121. The number of benzene rings is 2. The molecule has 0 unspecified atom stereocenters. The summed E-state index contributed by atoms with van der Waals surface area (Å²) in [5.74, 6) is 0.507. The third-order valence-corrected chi connectivity index (χ3v) is 7.43. The molecule has 1 fully saturated rings. The zero-order valence-electron chi connectivity index (χ0n) is 17.8. The molecule has 0 radical (unpaired) electrons. The number of hydrogen-bond acceptors (Lipinski definition) is 4. The van der Waals surface area contributed by atoms with Gasteiger partial charge >= 0.3 is 0 Å². The molecular weight excluding hydrogens is 400 g/mol. The molecule has 0 spiro atoms. The summed E-state index contributed by atoms with van der Waals surface area (Å²) >= 11 is 0. The van der Waals surface area contributed by atoms with Gasteiger partial charge in [-0.15, -0.1) is 0 Å². The van der Waals surface area contributed by atoms with Crippen LogP contribution in [0.25, 0.3) is 0 Å². The van der Waals surface area contributed by atoms with Crippen LogP contribution < -0.4 is 10.1 Å². The summed E-state index contributed by atoms with van der Waals surface area (Å²) in [6, 6.07) is 12.9. The number of rotatable bonds is 8. The van der Waals surface area contributed by atoms with Crippen LogP contribution in [-0.4, -0.2) is 38.8 Å². The second kappa shape index (κ2) is 9.62. The largest absolute Gasteiger partial charge is 0.496 e. The monoisotopic (exact) mass is 430 g/mol. The number of amides is 1. The van der Waals surface area contributed by atoms with E-state index in [0.29, 0.717) is 25.3 Å². The molecule has 1 atom stereocenters. The number of carbonyl (C=O) groups is 1. The fourth-order valence-electron chi connectivity index (χ4n) is 3.69. The van der Waals surface area contributed by atoms with Gasteiger partial charge in [0.1, 0.15) is 5.75 Å². The summed E-state index contributed by atoms with van der Waals surface area (Å²) in [5.41, 5.74) is 2.94. The number of aryl methyl sites for hydroxylation is 2. The van der Waals surface area contributed by atoms with Crippen molar-refractivity contribution in [1.29, 1.82) is 0 Å². The quantitative estimate of drug-likeness (QED) is 0.694. The zero-order valence-corrected chi connectivity index (χ0v) is 18.7. The van der Waals surface area contributed by atoms with Gasteiger partial charge in [-0.2, -0.15) is 4.31 Å². The molecule has 1 aliphatic heterocycles. The summed E-state index contributed by atoms with van der Waals surface area (Å²) in [5, 5.41) is 3.01.